The van der Waals surface area contributed by atoms with Crippen LogP contribution in [0.1, 0.15) is 220 Å². The lowest BCUT2D eigenvalue weighted by Gasteiger charge is -2.06. The Hall–Kier alpha value is -6.44. The number of benzene rings is 1. The summed E-state index contributed by atoms with van der Waals surface area (Å²) in [5, 5.41) is 0.623. The Morgan fingerprint density at radius 2 is 0.776 bits per heavy atom. The van der Waals surface area contributed by atoms with Crippen LogP contribution in [0.3, 0.4) is 0 Å². The average molecular weight is 1050 g/mol. The molecule has 0 radical (unpaired) electrons. The fourth-order valence-electron chi connectivity index (χ4n) is 6.56. The van der Waals surface area contributed by atoms with Crippen LogP contribution in [-0.2, 0) is 0 Å². The van der Waals surface area contributed by atoms with Crippen molar-refractivity contribution in [2.75, 3.05) is 0 Å². The van der Waals surface area contributed by atoms with Gasteiger partial charge in [0.25, 0.3) is 0 Å². The van der Waals surface area contributed by atoms with Gasteiger partial charge < -0.3 is 0 Å². The topological polar surface area (TPSA) is 90.2 Å². The van der Waals surface area contributed by atoms with Gasteiger partial charge in [0.05, 0.1) is 0 Å². The minimum Gasteiger partial charge on any atom is -0.265 e. The van der Waals surface area contributed by atoms with E-state index in [1.54, 1.807) is 12.4 Å². The number of nitrogens with zero attached hydrogens (tertiary/aromatic N) is 7. The summed E-state index contributed by atoms with van der Waals surface area (Å²) in [6, 6.07) is 43.0. The van der Waals surface area contributed by atoms with Gasteiger partial charge >= 0.3 is 0 Å². The van der Waals surface area contributed by atoms with Crippen LogP contribution in [0.25, 0.3) is 0 Å². The lowest BCUT2D eigenvalue weighted by atomic mass is 10.0. The van der Waals surface area contributed by atoms with Crippen molar-refractivity contribution in [1.29, 1.82) is 0 Å². The maximum atomic E-state index is 5.81. The Labute approximate surface area is 467 Å². The maximum absolute atomic E-state index is 5.81. The second-order valence-corrected chi connectivity index (χ2v) is 21.4. The molecule has 0 bridgehead atoms. The average Bonchev–Trinajstić information content (AvgIpc) is 3.41. The van der Waals surface area contributed by atoms with Crippen molar-refractivity contribution in [3.8, 4) is 0 Å². The number of hydrogen-bond donors (Lipinski definition) is 0. The predicted octanol–water partition coefficient (Wildman–Crippen LogP) is 19.8. The first-order valence-electron chi connectivity index (χ1n) is 27.2. The van der Waals surface area contributed by atoms with Crippen LogP contribution in [0.4, 0.5) is 0 Å². The van der Waals surface area contributed by atoms with Crippen LogP contribution in [-0.4, -0.2) is 34.9 Å². The Balaban J connectivity index is 0.000000435. The highest BCUT2D eigenvalue weighted by Crippen LogP contribution is 2.21. The molecule has 0 N–H and O–H groups in total. The summed E-state index contributed by atoms with van der Waals surface area (Å²) in [5.74, 6) is 4.51. The van der Waals surface area contributed by atoms with Crippen molar-refractivity contribution in [3.63, 3.8) is 0 Å². The molecule has 7 aromatic heterocycles. The van der Waals surface area contributed by atoms with Crippen molar-refractivity contribution in [2.45, 2.75) is 179 Å². The maximum Gasteiger partial charge on any atom is 0.132 e. The van der Waals surface area contributed by atoms with E-state index in [-0.39, 0.29) is 0 Å². The van der Waals surface area contributed by atoms with E-state index in [2.05, 4.69) is 214 Å². The molecule has 0 aliphatic carbocycles. The number of hydrogen-bond acceptors (Lipinski definition) is 7. The van der Waals surface area contributed by atoms with Gasteiger partial charge in [0.15, 0.2) is 0 Å². The zero-order chi connectivity index (χ0) is 57.0. The van der Waals surface area contributed by atoms with E-state index in [0.29, 0.717) is 52.5 Å². The summed E-state index contributed by atoms with van der Waals surface area (Å²) in [7, 11) is 0. The third-order valence-electron chi connectivity index (χ3n) is 11.4. The minimum absolute atomic E-state index is 0.459. The molecule has 408 valence electrons. The first-order valence-corrected chi connectivity index (χ1v) is 27.6. The fraction of sp³-hybridized carbons (Fsp3) is 0.397. The monoisotopic (exact) mass is 1040 g/mol. The van der Waals surface area contributed by atoms with E-state index in [4.69, 9.17) is 11.6 Å². The molecule has 7 heterocycles. The highest BCUT2D eigenvalue weighted by atomic mass is 35.5. The number of aryl methyl sites for hydroxylation is 3. The molecule has 8 aromatic rings. The summed E-state index contributed by atoms with van der Waals surface area (Å²) in [6.45, 7) is 40.7. The molecule has 0 aliphatic heterocycles. The molecule has 8 rings (SSSR count). The Bertz CT molecular complexity index is 2350. The van der Waals surface area contributed by atoms with Crippen LogP contribution in [0.5, 0.6) is 0 Å². The largest absolute Gasteiger partial charge is 0.265 e. The normalized spacial score (nSPS) is 10.3. The second kappa shape index (κ2) is 39.0. The first-order chi connectivity index (χ1) is 36.0. The number of aromatic nitrogens is 7. The molecule has 0 aliphatic rings. The molecular formula is C68H94ClN7. The van der Waals surface area contributed by atoms with E-state index in [0.717, 1.165) is 22.6 Å². The van der Waals surface area contributed by atoms with Gasteiger partial charge in [0, 0.05) is 78.0 Å². The van der Waals surface area contributed by atoms with Gasteiger partial charge in [-0.05, 0) is 168 Å². The summed E-state index contributed by atoms with van der Waals surface area (Å²) < 4.78 is 0. The smallest absolute Gasteiger partial charge is 0.132 e. The summed E-state index contributed by atoms with van der Waals surface area (Å²) in [4.78, 5) is 29.0. The molecule has 0 spiro atoms. The van der Waals surface area contributed by atoms with E-state index >= 15 is 0 Å². The van der Waals surface area contributed by atoms with E-state index in [1.165, 1.54) is 39.2 Å². The zero-order valence-electron chi connectivity index (χ0n) is 49.9. The van der Waals surface area contributed by atoms with Gasteiger partial charge in [-0.15, -0.1) is 0 Å². The molecule has 8 heteroatoms. The molecule has 1 aromatic carbocycles. The SMILES string of the molecule is CC(C)c1ccccc1.CC(C)c1ccccn1.CC(C)c1ccccn1.CC(C)c1cccnc1.CC(C)c1cccnc1Cl.CC(C)c1ccncc1.Cc1cc(C)nc(C(C)C)c1.Cc1ccc(C(C)C)nc1. The van der Waals surface area contributed by atoms with E-state index in [9.17, 15) is 0 Å². The van der Waals surface area contributed by atoms with Crippen LogP contribution < -0.4 is 0 Å². The molecule has 0 saturated heterocycles. The minimum atomic E-state index is 0.459. The van der Waals surface area contributed by atoms with Gasteiger partial charge in [-0.25, -0.2) is 4.98 Å². The summed E-state index contributed by atoms with van der Waals surface area (Å²) in [6.07, 6.45) is 14.6. The second-order valence-electron chi connectivity index (χ2n) is 21.1. The molecular weight excluding hydrogens is 950 g/mol. The molecule has 0 unspecified atom stereocenters. The Morgan fingerprint density at radius 1 is 0.316 bits per heavy atom. The van der Waals surface area contributed by atoms with Gasteiger partial charge in [-0.1, -0.05) is 183 Å². The van der Waals surface area contributed by atoms with Crippen molar-refractivity contribution in [2.24, 2.45) is 0 Å². The molecule has 0 fully saturated rings. The van der Waals surface area contributed by atoms with Crippen molar-refractivity contribution >= 4 is 11.6 Å². The standard InChI is InChI=1S/C10H15N.C9H13N.C9H12.C8H10ClN.4C8H11N/c1-7(2)10-6-8(3)5-9(4)11-10;1-7(2)9-5-4-8(3)6-10-9;1-8(2)9-6-4-3-5-7-9;1-6(2)7-4-3-5-10-8(7)9;1-7(2)8-3-5-9-6-4-8;1-7(2)8-4-3-5-9-6-8;2*1-7(2)8-5-3-4-6-9-8/h5-7H,1-4H3;4-7H,1-3H3;3-8H,1-2H3;3-6H,1-2H3;4*3-7H,1-2H3. The summed E-state index contributed by atoms with van der Waals surface area (Å²) in [5.41, 5.74) is 13.5. The number of rotatable bonds is 8. The van der Waals surface area contributed by atoms with Gasteiger partial charge in [-0.2, -0.15) is 0 Å². The summed E-state index contributed by atoms with van der Waals surface area (Å²) >= 11 is 5.81. The van der Waals surface area contributed by atoms with Gasteiger partial charge in [0.2, 0.25) is 0 Å². The first kappa shape index (κ1) is 67.6. The Morgan fingerprint density at radius 3 is 1.11 bits per heavy atom. The van der Waals surface area contributed by atoms with Crippen LogP contribution in [0.2, 0.25) is 5.15 Å². The lowest BCUT2D eigenvalue weighted by Crippen LogP contribution is -1.95. The predicted molar refractivity (Wildman–Crippen MR) is 328 cm³/mol. The van der Waals surface area contributed by atoms with Crippen LogP contribution >= 0.6 is 11.6 Å². The quantitative estimate of drug-likeness (QED) is 0.140. The van der Waals surface area contributed by atoms with Crippen LogP contribution in [0.15, 0.2) is 177 Å². The van der Waals surface area contributed by atoms with E-state index in [1.807, 2.05) is 117 Å². The molecule has 7 nitrogen and oxygen atoms in total. The molecule has 0 atom stereocenters. The highest BCUT2D eigenvalue weighted by Gasteiger charge is 2.04. The highest BCUT2D eigenvalue weighted by molar-refractivity contribution is 6.30. The zero-order valence-corrected chi connectivity index (χ0v) is 50.6. The van der Waals surface area contributed by atoms with E-state index < -0.39 is 0 Å². The molecule has 76 heavy (non-hydrogen) atoms. The number of pyridine rings is 7. The lowest BCUT2D eigenvalue weighted by molar-refractivity contribution is 0.813. The third-order valence-corrected chi connectivity index (χ3v) is 11.7. The van der Waals surface area contributed by atoms with Crippen molar-refractivity contribution in [1.82, 2.24) is 34.9 Å². The van der Waals surface area contributed by atoms with Gasteiger partial charge in [0.1, 0.15) is 5.15 Å². The molecule has 0 amide bonds. The third kappa shape index (κ3) is 30.8. The van der Waals surface area contributed by atoms with Gasteiger partial charge in [-0.3, -0.25) is 29.9 Å². The molecule has 0 saturated carbocycles. The van der Waals surface area contributed by atoms with Crippen molar-refractivity contribution < 1.29 is 0 Å². The van der Waals surface area contributed by atoms with Crippen molar-refractivity contribution in [3.05, 3.63) is 244 Å². The number of halogens is 1. The fourth-order valence-corrected chi connectivity index (χ4v) is 6.89. The van der Waals surface area contributed by atoms with Crippen LogP contribution in [0, 0.1) is 20.8 Å². The Kier molecular flexibility index (Phi) is 34.7.